The molecule has 2 amide bonds. The van der Waals surface area contributed by atoms with E-state index in [0.717, 1.165) is 30.6 Å². The van der Waals surface area contributed by atoms with E-state index in [1.165, 1.54) is 0 Å². The van der Waals surface area contributed by atoms with Crippen LogP contribution in [0.3, 0.4) is 0 Å². The van der Waals surface area contributed by atoms with Gasteiger partial charge in [0.15, 0.2) is 5.69 Å². The molecule has 1 aliphatic heterocycles. The highest BCUT2D eigenvalue weighted by molar-refractivity contribution is 5.99. The van der Waals surface area contributed by atoms with Gasteiger partial charge in [0.2, 0.25) is 0 Å². The number of likely N-dealkylation sites (tertiary alicyclic amines) is 1. The Balaban J connectivity index is 1.67. The molecule has 2 atom stereocenters. The summed E-state index contributed by atoms with van der Waals surface area (Å²) in [6.45, 7) is 5.54. The van der Waals surface area contributed by atoms with Crippen LogP contribution >= 0.6 is 0 Å². The highest BCUT2D eigenvalue weighted by Crippen LogP contribution is 2.33. The van der Waals surface area contributed by atoms with Crippen molar-refractivity contribution in [1.29, 1.82) is 0 Å². The molecule has 3 aromatic rings. The smallest absolute Gasteiger partial charge is 0.272 e. The first-order valence-electron chi connectivity index (χ1n) is 10.7. The Kier molecular flexibility index (Phi) is 5.84. The SMILES string of the molecule is CC[C@H](C)CNC(=O)c1nc([C@H]2CCCN2C(=O)c2ccccc2)n2ccccc12. The summed E-state index contributed by atoms with van der Waals surface area (Å²) < 4.78 is 1.96. The zero-order valence-corrected chi connectivity index (χ0v) is 17.5. The topological polar surface area (TPSA) is 66.7 Å². The van der Waals surface area contributed by atoms with Gasteiger partial charge in [0, 0.05) is 24.8 Å². The van der Waals surface area contributed by atoms with Gasteiger partial charge in [-0.1, -0.05) is 44.5 Å². The molecule has 4 rings (SSSR count). The Morgan fingerprint density at radius 3 is 2.70 bits per heavy atom. The number of aromatic nitrogens is 2. The van der Waals surface area contributed by atoms with Crippen LogP contribution in [0.25, 0.3) is 5.52 Å². The van der Waals surface area contributed by atoms with Gasteiger partial charge in [-0.15, -0.1) is 0 Å². The second-order valence-electron chi connectivity index (χ2n) is 8.02. The van der Waals surface area contributed by atoms with Gasteiger partial charge in [-0.3, -0.25) is 9.59 Å². The Morgan fingerprint density at radius 2 is 1.93 bits per heavy atom. The van der Waals surface area contributed by atoms with Crippen LogP contribution in [0.15, 0.2) is 54.7 Å². The maximum Gasteiger partial charge on any atom is 0.272 e. The summed E-state index contributed by atoms with van der Waals surface area (Å²) in [7, 11) is 0. The van der Waals surface area contributed by atoms with E-state index in [0.29, 0.717) is 30.3 Å². The Morgan fingerprint density at radius 1 is 1.17 bits per heavy atom. The van der Waals surface area contributed by atoms with Crippen molar-refractivity contribution in [2.75, 3.05) is 13.1 Å². The molecule has 1 saturated heterocycles. The van der Waals surface area contributed by atoms with Crippen molar-refractivity contribution >= 4 is 17.3 Å². The largest absolute Gasteiger partial charge is 0.350 e. The number of carbonyl (C=O) groups is 2. The third-order valence-electron chi connectivity index (χ3n) is 5.93. The summed E-state index contributed by atoms with van der Waals surface area (Å²) in [5.74, 6) is 1.01. The van der Waals surface area contributed by atoms with Crippen molar-refractivity contribution in [2.45, 2.75) is 39.2 Å². The molecule has 1 aromatic carbocycles. The van der Waals surface area contributed by atoms with E-state index in [4.69, 9.17) is 4.98 Å². The second-order valence-corrected chi connectivity index (χ2v) is 8.02. The van der Waals surface area contributed by atoms with E-state index in [1.54, 1.807) is 0 Å². The van der Waals surface area contributed by atoms with Gasteiger partial charge in [-0.05, 0) is 43.0 Å². The number of pyridine rings is 1. The van der Waals surface area contributed by atoms with Crippen LogP contribution in [0, 0.1) is 5.92 Å². The van der Waals surface area contributed by atoms with Crippen LogP contribution in [0.4, 0.5) is 0 Å². The number of fused-ring (bicyclic) bond motifs is 1. The monoisotopic (exact) mass is 404 g/mol. The fraction of sp³-hybridized carbons (Fsp3) is 0.375. The zero-order valence-electron chi connectivity index (χ0n) is 17.5. The number of hydrogen-bond donors (Lipinski definition) is 1. The molecular formula is C24H28N4O2. The minimum absolute atomic E-state index is 0.00792. The lowest BCUT2D eigenvalue weighted by Crippen LogP contribution is -2.31. The Hall–Kier alpha value is -3.15. The molecule has 156 valence electrons. The van der Waals surface area contributed by atoms with Gasteiger partial charge in [0.25, 0.3) is 11.8 Å². The molecule has 30 heavy (non-hydrogen) atoms. The normalized spacial score (nSPS) is 17.3. The third kappa shape index (κ3) is 3.82. The van der Waals surface area contributed by atoms with Crippen molar-refractivity contribution in [2.24, 2.45) is 5.92 Å². The maximum atomic E-state index is 13.1. The van der Waals surface area contributed by atoms with E-state index in [-0.39, 0.29) is 17.9 Å². The van der Waals surface area contributed by atoms with Gasteiger partial charge < -0.3 is 14.6 Å². The first-order chi connectivity index (χ1) is 14.6. The molecule has 6 heteroatoms. The van der Waals surface area contributed by atoms with E-state index in [1.807, 2.05) is 64.0 Å². The molecule has 0 aliphatic carbocycles. The summed E-state index contributed by atoms with van der Waals surface area (Å²) in [6.07, 6.45) is 4.68. The van der Waals surface area contributed by atoms with Gasteiger partial charge in [0.1, 0.15) is 5.82 Å². The van der Waals surface area contributed by atoms with Crippen LogP contribution in [0.5, 0.6) is 0 Å². The van der Waals surface area contributed by atoms with Crippen LogP contribution < -0.4 is 5.32 Å². The number of nitrogens with one attached hydrogen (secondary N) is 1. The average Bonchev–Trinajstić information content (AvgIpc) is 3.42. The van der Waals surface area contributed by atoms with Crippen molar-refractivity contribution < 1.29 is 9.59 Å². The van der Waals surface area contributed by atoms with Crippen LogP contribution in [0.1, 0.15) is 65.8 Å². The van der Waals surface area contributed by atoms with E-state index in [2.05, 4.69) is 19.2 Å². The predicted molar refractivity (Wildman–Crippen MR) is 116 cm³/mol. The Bertz CT molecular complexity index is 1040. The molecular weight excluding hydrogens is 376 g/mol. The lowest BCUT2D eigenvalue weighted by molar-refractivity contribution is 0.0729. The Labute approximate surface area is 176 Å². The fourth-order valence-electron chi connectivity index (χ4n) is 3.98. The number of imidazole rings is 1. The number of hydrogen-bond acceptors (Lipinski definition) is 3. The number of nitrogens with zero attached hydrogens (tertiary/aromatic N) is 3. The van der Waals surface area contributed by atoms with Gasteiger partial charge in [-0.25, -0.2) is 4.98 Å². The summed E-state index contributed by atoms with van der Waals surface area (Å²) in [5, 5.41) is 3.01. The van der Waals surface area contributed by atoms with Crippen LogP contribution in [-0.2, 0) is 0 Å². The molecule has 0 unspecified atom stereocenters. The second kappa shape index (κ2) is 8.69. The predicted octanol–water partition coefficient (Wildman–Crippen LogP) is 4.09. The average molecular weight is 405 g/mol. The van der Waals surface area contributed by atoms with Crippen molar-refractivity contribution in [3.63, 3.8) is 0 Å². The number of benzene rings is 1. The molecule has 1 N–H and O–H groups in total. The zero-order chi connectivity index (χ0) is 21.1. The van der Waals surface area contributed by atoms with Crippen LogP contribution in [0.2, 0.25) is 0 Å². The van der Waals surface area contributed by atoms with Crippen molar-refractivity contribution in [1.82, 2.24) is 19.6 Å². The van der Waals surface area contributed by atoms with Gasteiger partial charge in [-0.2, -0.15) is 0 Å². The first-order valence-corrected chi connectivity index (χ1v) is 10.7. The summed E-state index contributed by atoms with van der Waals surface area (Å²) in [6, 6.07) is 14.9. The lowest BCUT2D eigenvalue weighted by atomic mass is 10.1. The molecule has 2 aromatic heterocycles. The molecule has 0 spiro atoms. The quantitative estimate of drug-likeness (QED) is 0.673. The minimum atomic E-state index is -0.163. The summed E-state index contributed by atoms with van der Waals surface area (Å²) in [4.78, 5) is 32.6. The molecule has 6 nitrogen and oxygen atoms in total. The fourth-order valence-corrected chi connectivity index (χ4v) is 3.98. The van der Waals surface area contributed by atoms with E-state index >= 15 is 0 Å². The third-order valence-corrected chi connectivity index (χ3v) is 5.93. The summed E-state index contributed by atoms with van der Waals surface area (Å²) in [5.41, 5.74) is 1.87. The molecule has 1 fully saturated rings. The standard InChI is InChI=1S/C24H28N4O2/c1-3-17(2)16-25-23(29)21-19-12-7-8-14-27(19)22(26-21)20-13-9-15-28(20)24(30)18-10-5-4-6-11-18/h4-8,10-12,14,17,20H,3,9,13,15-16H2,1-2H3,(H,25,29)/t17-,20+/m0/s1. The molecule has 0 bridgehead atoms. The van der Waals surface area contributed by atoms with E-state index in [9.17, 15) is 9.59 Å². The van der Waals surface area contributed by atoms with Crippen molar-refractivity contribution in [3.8, 4) is 0 Å². The van der Waals surface area contributed by atoms with E-state index < -0.39 is 0 Å². The minimum Gasteiger partial charge on any atom is -0.350 e. The van der Waals surface area contributed by atoms with Gasteiger partial charge in [0.05, 0.1) is 11.6 Å². The number of carbonyl (C=O) groups excluding carboxylic acids is 2. The summed E-state index contributed by atoms with van der Waals surface area (Å²) >= 11 is 0. The number of amides is 2. The molecule has 0 radical (unpaired) electrons. The molecule has 1 aliphatic rings. The molecule has 3 heterocycles. The lowest BCUT2D eigenvalue weighted by Gasteiger charge is -2.24. The van der Waals surface area contributed by atoms with Crippen LogP contribution in [-0.4, -0.2) is 39.2 Å². The molecule has 0 saturated carbocycles. The highest BCUT2D eigenvalue weighted by atomic mass is 16.2. The number of rotatable bonds is 6. The maximum absolute atomic E-state index is 13.1. The highest BCUT2D eigenvalue weighted by Gasteiger charge is 2.34. The van der Waals surface area contributed by atoms with Crippen molar-refractivity contribution in [3.05, 3.63) is 71.8 Å². The first kappa shape index (κ1) is 20.1. The van der Waals surface area contributed by atoms with Gasteiger partial charge >= 0.3 is 0 Å².